The molecule has 0 aromatic heterocycles. The molecular weight excluding hydrogens is 326 g/mol. The van der Waals surface area contributed by atoms with Crippen molar-refractivity contribution in [1.29, 1.82) is 0 Å². The second kappa shape index (κ2) is 9.04. The number of aryl methyl sites for hydroxylation is 1. The van der Waals surface area contributed by atoms with Gasteiger partial charge in [0, 0.05) is 29.3 Å². The van der Waals surface area contributed by atoms with Crippen LogP contribution in [-0.2, 0) is 9.59 Å². The van der Waals surface area contributed by atoms with E-state index in [-0.39, 0.29) is 36.1 Å². The van der Waals surface area contributed by atoms with Gasteiger partial charge in [-0.1, -0.05) is 19.9 Å². The molecule has 5 nitrogen and oxygen atoms in total. The number of amides is 2. The summed E-state index contributed by atoms with van der Waals surface area (Å²) in [5.74, 6) is -0.00257. The zero-order chi connectivity index (χ0) is 17.0. The van der Waals surface area contributed by atoms with Crippen LogP contribution in [-0.4, -0.2) is 24.4 Å². The van der Waals surface area contributed by atoms with Crippen LogP contribution in [0.25, 0.3) is 0 Å². The second-order valence-electron chi connectivity index (χ2n) is 6.74. The highest BCUT2D eigenvalue weighted by Gasteiger charge is 2.25. The summed E-state index contributed by atoms with van der Waals surface area (Å²) in [4.78, 5) is 24.3. The first-order valence-electron chi connectivity index (χ1n) is 8.32. The lowest BCUT2D eigenvalue weighted by molar-refractivity contribution is -0.121. The fourth-order valence-electron chi connectivity index (χ4n) is 2.73. The Hall–Kier alpha value is -1.59. The van der Waals surface area contributed by atoms with E-state index >= 15 is 0 Å². The van der Waals surface area contributed by atoms with E-state index in [9.17, 15) is 9.59 Å². The average molecular weight is 354 g/mol. The van der Waals surface area contributed by atoms with Crippen molar-refractivity contribution in [2.24, 2.45) is 11.8 Å². The van der Waals surface area contributed by atoms with Crippen molar-refractivity contribution in [2.45, 2.75) is 46.6 Å². The third-order valence-electron chi connectivity index (χ3n) is 4.28. The van der Waals surface area contributed by atoms with Gasteiger partial charge in [-0.15, -0.1) is 12.4 Å². The van der Waals surface area contributed by atoms with Crippen molar-refractivity contribution in [3.8, 4) is 0 Å². The Kier molecular flexibility index (Phi) is 7.70. The molecule has 1 aromatic rings. The van der Waals surface area contributed by atoms with Crippen LogP contribution in [0, 0.1) is 18.8 Å². The van der Waals surface area contributed by atoms with Gasteiger partial charge in [0.2, 0.25) is 11.8 Å². The largest absolute Gasteiger partial charge is 0.326 e. The Balaban J connectivity index is 0.00000288. The molecular formula is C18H28ClN3O2. The first-order valence-corrected chi connectivity index (χ1v) is 8.32. The summed E-state index contributed by atoms with van der Waals surface area (Å²) in [5, 5.41) is 9.25. The summed E-state index contributed by atoms with van der Waals surface area (Å²) in [6.45, 7) is 8.64. The van der Waals surface area contributed by atoms with Gasteiger partial charge in [0.05, 0.1) is 0 Å². The molecule has 0 bridgehead atoms. The molecule has 0 saturated carbocycles. The lowest BCUT2D eigenvalue weighted by atomic mass is 9.92. The molecule has 1 aliphatic heterocycles. The number of nitrogens with one attached hydrogen (secondary N) is 3. The molecule has 1 saturated heterocycles. The molecule has 134 valence electrons. The van der Waals surface area contributed by atoms with Crippen LogP contribution in [0.3, 0.4) is 0 Å². The number of hydrogen-bond acceptors (Lipinski definition) is 3. The maximum atomic E-state index is 12.5. The van der Waals surface area contributed by atoms with Gasteiger partial charge in [-0.25, -0.2) is 0 Å². The van der Waals surface area contributed by atoms with Crippen LogP contribution in [0.4, 0.5) is 11.4 Å². The van der Waals surface area contributed by atoms with Crippen LogP contribution in [0.5, 0.6) is 0 Å². The molecule has 24 heavy (non-hydrogen) atoms. The molecule has 2 atom stereocenters. The van der Waals surface area contributed by atoms with Crippen molar-refractivity contribution in [3.05, 3.63) is 23.8 Å². The van der Waals surface area contributed by atoms with Crippen LogP contribution in [0.2, 0.25) is 0 Å². The summed E-state index contributed by atoms with van der Waals surface area (Å²) in [5.41, 5.74) is 2.47. The van der Waals surface area contributed by atoms with Gasteiger partial charge >= 0.3 is 0 Å². The van der Waals surface area contributed by atoms with E-state index in [0.29, 0.717) is 11.7 Å². The number of piperidine rings is 1. The van der Waals surface area contributed by atoms with Crippen molar-refractivity contribution in [2.75, 3.05) is 17.2 Å². The smallest absolute Gasteiger partial charge is 0.227 e. The predicted molar refractivity (Wildman–Crippen MR) is 101 cm³/mol. The van der Waals surface area contributed by atoms with Crippen molar-refractivity contribution >= 4 is 35.6 Å². The Morgan fingerprint density at radius 1 is 1.25 bits per heavy atom. The van der Waals surface area contributed by atoms with Gasteiger partial charge in [0.15, 0.2) is 0 Å². The monoisotopic (exact) mass is 353 g/mol. The van der Waals surface area contributed by atoms with E-state index < -0.39 is 0 Å². The summed E-state index contributed by atoms with van der Waals surface area (Å²) in [6, 6.07) is 5.98. The van der Waals surface area contributed by atoms with E-state index in [0.717, 1.165) is 30.6 Å². The van der Waals surface area contributed by atoms with Gasteiger partial charge < -0.3 is 16.0 Å². The Bertz CT molecular complexity index is 590. The molecule has 1 aromatic carbocycles. The molecule has 6 heteroatoms. The Morgan fingerprint density at radius 2 is 1.96 bits per heavy atom. The van der Waals surface area contributed by atoms with Crippen molar-refractivity contribution in [1.82, 2.24) is 5.32 Å². The SMILES string of the molecule is Cc1ccc(NC(=O)C(C)C)cc1NC(=O)[C@H]1CCN[C@@H](C)C1.Cl. The van der Waals surface area contributed by atoms with Crippen LogP contribution < -0.4 is 16.0 Å². The van der Waals surface area contributed by atoms with E-state index in [2.05, 4.69) is 22.9 Å². The van der Waals surface area contributed by atoms with Crippen LogP contribution >= 0.6 is 12.4 Å². The third-order valence-corrected chi connectivity index (χ3v) is 4.28. The lowest BCUT2D eigenvalue weighted by Gasteiger charge is -2.27. The Morgan fingerprint density at radius 3 is 2.58 bits per heavy atom. The molecule has 1 aliphatic rings. The number of hydrogen-bond donors (Lipinski definition) is 3. The van der Waals surface area contributed by atoms with Crippen LogP contribution in [0.15, 0.2) is 18.2 Å². The topological polar surface area (TPSA) is 70.2 Å². The second-order valence-corrected chi connectivity index (χ2v) is 6.74. The molecule has 3 N–H and O–H groups in total. The maximum Gasteiger partial charge on any atom is 0.227 e. The minimum absolute atomic E-state index is 0. The summed E-state index contributed by atoms with van der Waals surface area (Å²) in [7, 11) is 0. The highest BCUT2D eigenvalue weighted by molar-refractivity contribution is 5.96. The van der Waals surface area contributed by atoms with E-state index in [1.54, 1.807) is 0 Å². The van der Waals surface area contributed by atoms with Gasteiger partial charge in [-0.05, 0) is 50.9 Å². The minimum atomic E-state index is -0.0782. The molecule has 0 spiro atoms. The summed E-state index contributed by atoms with van der Waals surface area (Å²) >= 11 is 0. The van der Waals surface area contributed by atoms with E-state index in [1.807, 2.05) is 39.0 Å². The Labute approximate surface area is 150 Å². The van der Waals surface area contributed by atoms with Gasteiger partial charge in [-0.3, -0.25) is 9.59 Å². The number of anilines is 2. The number of rotatable bonds is 4. The zero-order valence-electron chi connectivity index (χ0n) is 14.8. The standard InChI is InChI=1S/C18H27N3O2.ClH/c1-11(2)17(22)20-15-6-5-12(3)16(10-15)21-18(23)14-7-8-19-13(4)9-14;/h5-6,10-11,13-14,19H,7-9H2,1-4H3,(H,20,22)(H,21,23);1H/t13-,14-;/m0./s1. The fourth-order valence-corrected chi connectivity index (χ4v) is 2.73. The molecule has 2 rings (SSSR count). The molecule has 2 amide bonds. The summed E-state index contributed by atoms with van der Waals surface area (Å²) in [6.07, 6.45) is 1.72. The van der Waals surface area contributed by atoms with Gasteiger partial charge in [0.25, 0.3) is 0 Å². The van der Waals surface area contributed by atoms with Crippen molar-refractivity contribution < 1.29 is 9.59 Å². The van der Waals surface area contributed by atoms with Gasteiger partial charge in [-0.2, -0.15) is 0 Å². The lowest BCUT2D eigenvalue weighted by Crippen LogP contribution is -2.40. The molecule has 0 aliphatic carbocycles. The molecule has 1 heterocycles. The average Bonchev–Trinajstić information content (AvgIpc) is 2.50. The molecule has 0 unspecified atom stereocenters. The predicted octanol–water partition coefficient (Wildman–Crippen LogP) is 3.34. The highest BCUT2D eigenvalue weighted by Crippen LogP contribution is 2.23. The third kappa shape index (κ3) is 5.49. The first-order chi connectivity index (χ1) is 10.9. The minimum Gasteiger partial charge on any atom is -0.326 e. The van der Waals surface area contributed by atoms with E-state index in [1.165, 1.54) is 0 Å². The van der Waals surface area contributed by atoms with Crippen molar-refractivity contribution in [3.63, 3.8) is 0 Å². The maximum absolute atomic E-state index is 12.5. The first kappa shape index (κ1) is 20.5. The zero-order valence-corrected chi connectivity index (χ0v) is 15.6. The summed E-state index contributed by atoms with van der Waals surface area (Å²) < 4.78 is 0. The number of halogens is 1. The number of carbonyl (C=O) groups excluding carboxylic acids is 2. The normalized spacial score (nSPS) is 20.2. The number of benzene rings is 1. The fraction of sp³-hybridized carbons (Fsp3) is 0.556. The molecule has 1 fully saturated rings. The van der Waals surface area contributed by atoms with Crippen LogP contribution in [0.1, 0.15) is 39.2 Å². The van der Waals surface area contributed by atoms with Gasteiger partial charge in [0.1, 0.15) is 0 Å². The number of carbonyl (C=O) groups is 2. The van der Waals surface area contributed by atoms with E-state index in [4.69, 9.17) is 0 Å². The highest BCUT2D eigenvalue weighted by atomic mass is 35.5. The molecule has 0 radical (unpaired) electrons. The quantitative estimate of drug-likeness (QED) is 0.777.